The van der Waals surface area contributed by atoms with Crippen LogP contribution in [0.2, 0.25) is 0 Å². The van der Waals surface area contributed by atoms with Crippen molar-refractivity contribution in [1.29, 1.82) is 0 Å². The van der Waals surface area contributed by atoms with Crippen LogP contribution in [0.25, 0.3) is 0 Å². The van der Waals surface area contributed by atoms with Gasteiger partial charge in [0.15, 0.2) is 5.11 Å². The predicted octanol–water partition coefficient (Wildman–Crippen LogP) is 2.80. The van der Waals surface area contributed by atoms with Gasteiger partial charge in [0.05, 0.1) is 12.8 Å². The number of nitrogens with zero attached hydrogens (tertiary/aromatic N) is 2. The summed E-state index contributed by atoms with van der Waals surface area (Å²) in [7, 11) is 0. The van der Waals surface area contributed by atoms with Crippen LogP contribution in [0.1, 0.15) is 12.5 Å². The van der Waals surface area contributed by atoms with Crippen molar-refractivity contribution in [3.63, 3.8) is 0 Å². The molecule has 5 nitrogen and oxygen atoms in total. The highest BCUT2D eigenvalue weighted by atomic mass is 32.1. The minimum Gasteiger partial charge on any atom is -0.494 e. The SMILES string of the molecule is CCOc1ccc(NC(=S)N/N=C\c2cccnc2)cc1. The number of anilines is 1. The molecule has 0 fully saturated rings. The molecule has 2 aromatic rings. The van der Waals surface area contributed by atoms with E-state index in [4.69, 9.17) is 17.0 Å². The van der Waals surface area contributed by atoms with Crippen LogP contribution in [0.4, 0.5) is 5.69 Å². The van der Waals surface area contributed by atoms with Gasteiger partial charge in [-0.2, -0.15) is 5.10 Å². The van der Waals surface area contributed by atoms with Crippen molar-refractivity contribution in [1.82, 2.24) is 10.4 Å². The van der Waals surface area contributed by atoms with Gasteiger partial charge in [-0.1, -0.05) is 6.07 Å². The fraction of sp³-hybridized carbons (Fsp3) is 0.133. The first-order chi connectivity index (χ1) is 10.3. The van der Waals surface area contributed by atoms with Gasteiger partial charge in [-0.15, -0.1) is 0 Å². The predicted molar refractivity (Wildman–Crippen MR) is 88.8 cm³/mol. The third kappa shape index (κ3) is 5.19. The highest BCUT2D eigenvalue weighted by Crippen LogP contribution is 2.15. The zero-order valence-electron chi connectivity index (χ0n) is 11.6. The van der Waals surface area contributed by atoms with Gasteiger partial charge in [0.25, 0.3) is 0 Å². The molecule has 1 heterocycles. The first-order valence-electron chi connectivity index (χ1n) is 6.51. The summed E-state index contributed by atoms with van der Waals surface area (Å²) in [5.41, 5.74) is 4.52. The third-order valence-corrected chi connectivity index (χ3v) is 2.68. The van der Waals surface area contributed by atoms with E-state index in [0.717, 1.165) is 17.0 Å². The Kier molecular flexibility index (Phi) is 5.66. The normalized spacial score (nSPS) is 10.3. The minimum atomic E-state index is 0.416. The monoisotopic (exact) mass is 300 g/mol. The summed E-state index contributed by atoms with van der Waals surface area (Å²) in [4.78, 5) is 3.99. The van der Waals surface area contributed by atoms with E-state index in [0.29, 0.717) is 11.7 Å². The largest absolute Gasteiger partial charge is 0.494 e. The molecular weight excluding hydrogens is 284 g/mol. The second-order valence-electron chi connectivity index (χ2n) is 4.07. The topological polar surface area (TPSA) is 58.5 Å². The van der Waals surface area contributed by atoms with Gasteiger partial charge in [0, 0.05) is 23.6 Å². The second-order valence-corrected chi connectivity index (χ2v) is 4.48. The van der Waals surface area contributed by atoms with Gasteiger partial charge in [-0.25, -0.2) is 0 Å². The number of rotatable bonds is 5. The summed E-state index contributed by atoms with van der Waals surface area (Å²) in [6, 6.07) is 11.3. The molecule has 0 aliphatic heterocycles. The van der Waals surface area contributed by atoms with Gasteiger partial charge < -0.3 is 10.1 Å². The minimum absolute atomic E-state index is 0.416. The van der Waals surface area contributed by atoms with Gasteiger partial charge in [0.2, 0.25) is 0 Å². The van der Waals surface area contributed by atoms with Crippen LogP contribution in [0.5, 0.6) is 5.75 Å². The van der Waals surface area contributed by atoms with E-state index in [1.165, 1.54) is 0 Å². The highest BCUT2D eigenvalue weighted by molar-refractivity contribution is 7.80. The lowest BCUT2D eigenvalue weighted by Crippen LogP contribution is -2.23. The van der Waals surface area contributed by atoms with Crippen LogP contribution >= 0.6 is 12.2 Å². The zero-order valence-corrected chi connectivity index (χ0v) is 12.4. The Morgan fingerprint density at radius 1 is 1.33 bits per heavy atom. The lowest BCUT2D eigenvalue weighted by atomic mass is 10.3. The third-order valence-electron chi connectivity index (χ3n) is 2.49. The van der Waals surface area contributed by atoms with Crippen molar-refractivity contribution < 1.29 is 4.74 Å². The van der Waals surface area contributed by atoms with E-state index in [9.17, 15) is 0 Å². The van der Waals surface area contributed by atoms with Crippen LogP contribution in [0.3, 0.4) is 0 Å². The van der Waals surface area contributed by atoms with Crippen LogP contribution in [-0.2, 0) is 0 Å². The fourth-order valence-corrected chi connectivity index (χ4v) is 1.75. The van der Waals surface area contributed by atoms with Crippen LogP contribution in [0.15, 0.2) is 53.9 Å². The second kappa shape index (κ2) is 7.96. The van der Waals surface area contributed by atoms with Gasteiger partial charge >= 0.3 is 0 Å². The number of hydrogen-bond acceptors (Lipinski definition) is 4. The summed E-state index contributed by atoms with van der Waals surface area (Å²) in [6.07, 6.45) is 5.08. The molecule has 2 rings (SSSR count). The number of pyridine rings is 1. The Hall–Kier alpha value is -2.47. The molecule has 0 atom stereocenters. The molecule has 0 saturated heterocycles. The quantitative estimate of drug-likeness (QED) is 0.505. The molecular formula is C15H16N4OS. The molecule has 108 valence electrons. The molecule has 0 aliphatic rings. The maximum atomic E-state index is 5.37. The van der Waals surface area contributed by atoms with E-state index in [1.54, 1.807) is 18.6 Å². The molecule has 1 aromatic carbocycles. The first kappa shape index (κ1) is 14.9. The molecule has 0 amide bonds. The fourth-order valence-electron chi connectivity index (χ4n) is 1.58. The Bertz CT molecular complexity index is 599. The van der Waals surface area contributed by atoms with Gasteiger partial charge in [-0.05, 0) is 49.5 Å². The molecule has 2 N–H and O–H groups in total. The zero-order chi connectivity index (χ0) is 14.9. The number of ether oxygens (including phenoxy) is 1. The van der Waals surface area contributed by atoms with E-state index in [-0.39, 0.29) is 0 Å². The maximum Gasteiger partial charge on any atom is 0.191 e. The molecule has 0 aliphatic carbocycles. The molecule has 6 heteroatoms. The number of nitrogens with one attached hydrogen (secondary N) is 2. The number of hydrazone groups is 1. The molecule has 0 spiro atoms. The van der Waals surface area contributed by atoms with Crippen molar-refractivity contribution in [3.8, 4) is 5.75 Å². The number of hydrogen-bond donors (Lipinski definition) is 2. The van der Waals surface area contributed by atoms with Crippen molar-refractivity contribution in [2.75, 3.05) is 11.9 Å². The van der Waals surface area contributed by atoms with Crippen molar-refractivity contribution in [2.45, 2.75) is 6.92 Å². The molecule has 0 radical (unpaired) electrons. The lowest BCUT2D eigenvalue weighted by molar-refractivity contribution is 0.340. The van der Waals surface area contributed by atoms with Crippen LogP contribution in [0, 0.1) is 0 Å². The maximum absolute atomic E-state index is 5.37. The molecule has 0 saturated carbocycles. The highest BCUT2D eigenvalue weighted by Gasteiger charge is 1.97. The smallest absolute Gasteiger partial charge is 0.191 e. The first-order valence-corrected chi connectivity index (χ1v) is 6.91. The Balaban J connectivity index is 1.83. The molecule has 0 unspecified atom stereocenters. The average Bonchev–Trinajstić information content (AvgIpc) is 2.51. The Labute approximate surface area is 129 Å². The summed E-state index contributed by atoms with van der Waals surface area (Å²) in [6.45, 7) is 2.60. The van der Waals surface area contributed by atoms with Gasteiger partial charge in [0.1, 0.15) is 5.75 Å². The van der Waals surface area contributed by atoms with Crippen molar-refractivity contribution in [2.24, 2.45) is 5.10 Å². The van der Waals surface area contributed by atoms with Crippen LogP contribution < -0.4 is 15.5 Å². The number of thiocarbonyl (C=S) groups is 1. The van der Waals surface area contributed by atoms with Crippen molar-refractivity contribution in [3.05, 3.63) is 54.4 Å². The lowest BCUT2D eigenvalue weighted by Gasteiger charge is -2.08. The summed E-state index contributed by atoms with van der Waals surface area (Å²) in [5.74, 6) is 0.830. The molecule has 1 aromatic heterocycles. The number of benzene rings is 1. The summed E-state index contributed by atoms with van der Waals surface area (Å²) >= 11 is 5.15. The Morgan fingerprint density at radius 2 is 2.14 bits per heavy atom. The van der Waals surface area contributed by atoms with E-state index in [2.05, 4.69) is 20.8 Å². The van der Waals surface area contributed by atoms with E-state index < -0.39 is 0 Å². The van der Waals surface area contributed by atoms with Crippen molar-refractivity contribution >= 4 is 29.2 Å². The van der Waals surface area contributed by atoms with E-state index in [1.807, 2.05) is 43.3 Å². The average molecular weight is 300 g/mol. The van der Waals surface area contributed by atoms with Gasteiger partial charge in [-0.3, -0.25) is 10.4 Å². The summed E-state index contributed by atoms with van der Waals surface area (Å²) in [5, 5.41) is 7.49. The van der Waals surface area contributed by atoms with Crippen LogP contribution in [-0.4, -0.2) is 22.9 Å². The van der Waals surface area contributed by atoms with E-state index >= 15 is 0 Å². The summed E-state index contributed by atoms with van der Waals surface area (Å²) < 4.78 is 5.37. The Morgan fingerprint density at radius 3 is 2.81 bits per heavy atom. The molecule has 0 bridgehead atoms. The number of aromatic nitrogens is 1. The standard InChI is InChI=1S/C15H16N4OS/c1-2-20-14-7-5-13(6-8-14)18-15(21)19-17-11-12-4-3-9-16-10-12/h3-11H,2H2,1H3,(H2,18,19,21)/b17-11-. The molecule has 21 heavy (non-hydrogen) atoms.